The fourth-order valence-electron chi connectivity index (χ4n) is 1.38. The summed E-state index contributed by atoms with van der Waals surface area (Å²) in [4.78, 5) is 11.3. The number of nitrogens with one attached hydrogen (secondary N) is 2. The second-order valence-electron chi connectivity index (χ2n) is 3.43. The Morgan fingerprint density at radius 2 is 2.13 bits per heavy atom. The number of hydrogen-bond acceptors (Lipinski definition) is 3. The molecule has 0 aliphatic carbocycles. The van der Waals surface area contributed by atoms with E-state index in [1.165, 1.54) is 5.56 Å². The van der Waals surface area contributed by atoms with Crippen molar-refractivity contribution in [3.8, 4) is 0 Å². The number of aromatic nitrogens is 3. The molecule has 2 heterocycles. The molecule has 4 heteroatoms. The van der Waals surface area contributed by atoms with Gasteiger partial charge in [-0.25, -0.2) is 4.98 Å². The highest BCUT2D eigenvalue weighted by Gasteiger charge is 2.05. The first-order valence-electron chi connectivity index (χ1n) is 4.98. The van der Waals surface area contributed by atoms with Crippen LogP contribution < -0.4 is 5.32 Å². The van der Waals surface area contributed by atoms with E-state index < -0.39 is 0 Å². The van der Waals surface area contributed by atoms with Gasteiger partial charge in [-0.2, -0.15) is 0 Å². The van der Waals surface area contributed by atoms with E-state index in [9.17, 15) is 0 Å². The molecule has 2 rings (SSSR count). The zero-order chi connectivity index (χ0) is 10.5. The van der Waals surface area contributed by atoms with E-state index in [4.69, 9.17) is 0 Å². The highest BCUT2D eigenvalue weighted by molar-refractivity contribution is 5.09. The molecule has 0 spiro atoms. The molecule has 0 fully saturated rings. The zero-order valence-electron chi connectivity index (χ0n) is 8.64. The van der Waals surface area contributed by atoms with Gasteiger partial charge in [0.1, 0.15) is 5.82 Å². The lowest BCUT2D eigenvalue weighted by Gasteiger charge is -2.10. The molecule has 0 radical (unpaired) electrons. The molecule has 2 N–H and O–H groups in total. The Labute approximate surface area is 88.8 Å². The third-order valence-corrected chi connectivity index (χ3v) is 2.29. The molecule has 15 heavy (non-hydrogen) atoms. The first kappa shape index (κ1) is 9.86. The first-order chi connectivity index (χ1) is 7.36. The number of imidazole rings is 1. The van der Waals surface area contributed by atoms with Gasteiger partial charge in [0.2, 0.25) is 0 Å². The molecule has 1 atom stereocenters. The summed E-state index contributed by atoms with van der Waals surface area (Å²) in [5, 5.41) is 3.38. The predicted octanol–water partition coefficient (Wildman–Crippen LogP) is 1.66. The molecule has 0 saturated carbocycles. The molecule has 0 aliphatic rings. The Balaban J connectivity index is 1.89. The second kappa shape index (κ2) is 4.70. The Morgan fingerprint density at radius 3 is 2.80 bits per heavy atom. The van der Waals surface area contributed by atoms with Gasteiger partial charge >= 0.3 is 0 Å². The van der Waals surface area contributed by atoms with Crippen molar-refractivity contribution in [3.05, 3.63) is 48.3 Å². The molecule has 4 nitrogen and oxygen atoms in total. The van der Waals surface area contributed by atoms with E-state index >= 15 is 0 Å². The minimum absolute atomic E-state index is 0.230. The van der Waals surface area contributed by atoms with Gasteiger partial charge in [0.15, 0.2) is 0 Å². The highest BCUT2D eigenvalue weighted by atomic mass is 15.0. The lowest BCUT2D eigenvalue weighted by molar-refractivity contribution is 0.550. The molecule has 2 aromatic rings. The first-order valence-corrected chi connectivity index (χ1v) is 4.98. The van der Waals surface area contributed by atoms with Crippen LogP contribution in [-0.4, -0.2) is 15.0 Å². The van der Waals surface area contributed by atoms with Gasteiger partial charge in [-0.3, -0.25) is 4.98 Å². The van der Waals surface area contributed by atoms with Gasteiger partial charge in [0.25, 0.3) is 0 Å². The van der Waals surface area contributed by atoms with E-state index in [-0.39, 0.29) is 6.04 Å². The number of H-pyrrole nitrogens is 1. The fraction of sp³-hybridized carbons (Fsp3) is 0.273. The normalized spacial score (nSPS) is 12.6. The van der Waals surface area contributed by atoms with Crippen LogP contribution in [0.15, 0.2) is 36.9 Å². The lowest BCUT2D eigenvalue weighted by Crippen LogP contribution is -2.19. The van der Waals surface area contributed by atoms with E-state index in [0.717, 1.165) is 12.4 Å². The number of hydrogen-bond donors (Lipinski definition) is 2. The van der Waals surface area contributed by atoms with Crippen molar-refractivity contribution < 1.29 is 0 Å². The van der Waals surface area contributed by atoms with Crippen molar-refractivity contribution in [1.82, 2.24) is 20.3 Å². The quantitative estimate of drug-likeness (QED) is 0.792. The summed E-state index contributed by atoms with van der Waals surface area (Å²) in [5.74, 6) is 0.962. The molecule has 0 saturated heterocycles. The van der Waals surface area contributed by atoms with E-state index in [1.807, 2.05) is 18.3 Å². The maximum atomic E-state index is 4.20. The zero-order valence-corrected chi connectivity index (χ0v) is 8.64. The molecular formula is C11H14N4. The monoisotopic (exact) mass is 202 g/mol. The Morgan fingerprint density at radius 1 is 1.33 bits per heavy atom. The van der Waals surface area contributed by atoms with Crippen molar-refractivity contribution in [2.75, 3.05) is 0 Å². The minimum atomic E-state index is 0.230. The fourth-order valence-corrected chi connectivity index (χ4v) is 1.38. The van der Waals surface area contributed by atoms with Gasteiger partial charge in [0, 0.05) is 31.3 Å². The summed E-state index contributed by atoms with van der Waals surface area (Å²) in [5.41, 5.74) is 1.23. The molecule has 0 amide bonds. The summed E-state index contributed by atoms with van der Waals surface area (Å²) < 4.78 is 0. The molecule has 0 aliphatic heterocycles. The number of pyridine rings is 1. The van der Waals surface area contributed by atoms with E-state index in [0.29, 0.717) is 0 Å². The molecule has 0 aromatic carbocycles. The Bertz CT molecular complexity index is 382. The van der Waals surface area contributed by atoms with E-state index in [2.05, 4.69) is 27.2 Å². The van der Waals surface area contributed by atoms with Gasteiger partial charge in [0.05, 0.1) is 6.04 Å². The van der Waals surface area contributed by atoms with Crippen molar-refractivity contribution >= 4 is 0 Å². The summed E-state index contributed by atoms with van der Waals surface area (Å²) in [7, 11) is 0. The topological polar surface area (TPSA) is 53.6 Å². The maximum Gasteiger partial charge on any atom is 0.122 e. The molecular weight excluding hydrogens is 188 g/mol. The molecule has 0 bridgehead atoms. The van der Waals surface area contributed by atoms with Crippen LogP contribution >= 0.6 is 0 Å². The lowest BCUT2D eigenvalue weighted by atomic mass is 10.2. The van der Waals surface area contributed by atoms with Gasteiger partial charge in [-0.15, -0.1) is 0 Å². The van der Waals surface area contributed by atoms with Crippen molar-refractivity contribution in [2.24, 2.45) is 0 Å². The van der Waals surface area contributed by atoms with Crippen LogP contribution in [-0.2, 0) is 6.54 Å². The van der Waals surface area contributed by atoms with Crippen molar-refractivity contribution in [3.63, 3.8) is 0 Å². The van der Waals surface area contributed by atoms with E-state index in [1.54, 1.807) is 18.6 Å². The third kappa shape index (κ3) is 2.63. The maximum absolute atomic E-state index is 4.20. The minimum Gasteiger partial charge on any atom is -0.347 e. The molecule has 2 aromatic heterocycles. The standard InChI is InChI=1S/C11H14N4/c1-9(11-13-6-7-14-11)15-8-10-2-4-12-5-3-10/h2-7,9,15H,8H2,1H3,(H,13,14). The van der Waals surface area contributed by atoms with Crippen LogP contribution in [0.2, 0.25) is 0 Å². The average Bonchev–Trinajstić information content (AvgIpc) is 2.81. The van der Waals surface area contributed by atoms with Crippen LogP contribution in [0.4, 0.5) is 0 Å². The van der Waals surface area contributed by atoms with Crippen LogP contribution in [0.25, 0.3) is 0 Å². The summed E-state index contributed by atoms with van der Waals surface area (Å²) in [6.07, 6.45) is 7.20. The van der Waals surface area contributed by atoms with Crippen LogP contribution in [0, 0.1) is 0 Å². The highest BCUT2D eigenvalue weighted by Crippen LogP contribution is 2.06. The summed E-state index contributed by atoms with van der Waals surface area (Å²) in [6.45, 7) is 2.91. The summed E-state index contributed by atoms with van der Waals surface area (Å²) in [6, 6.07) is 4.23. The third-order valence-electron chi connectivity index (χ3n) is 2.29. The molecule has 78 valence electrons. The van der Waals surface area contributed by atoms with Crippen LogP contribution in [0.5, 0.6) is 0 Å². The smallest absolute Gasteiger partial charge is 0.122 e. The molecule has 1 unspecified atom stereocenters. The number of rotatable bonds is 4. The van der Waals surface area contributed by atoms with Gasteiger partial charge in [-0.05, 0) is 24.6 Å². The van der Waals surface area contributed by atoms with Crippen LogP contribution in [0.3, 0.4) is 0 Å². The second-order valence-corrected chi connectivity index (χ2v) is 3.43. The Hall–Kier alpha value is -1.68. The van der Waals surface area contributed by atoms with Gasteiger partial charge < -0.3 is 10.3 Å². The Kier molecular flexibility index (Phi) is 3.09. The number of aromatic amines is 1. The van der Waals surface area contributed by atoms with Gasteiger partial charge in [-0.1, -0.05) is 0 Å². The summed E-state index contributed by atoms with van der Waals surface area (Å²) >= 11 is 0. The van der Waals surface area contributed by atoms with Crippen LogP contribution in [0.1, 0.15) is 24.4 Å². The number of nitrogens with zero attached hydrogens (tertiary/aromatic N) is 2. The average molecular weight is 202 g/mol. The SMILES string of the molecule is CC(NCc1ccncc1)c1ncc[nH]1. The van der Waals surface area contributed by atoms with Crippen molar-refractivity contribution in [1.29, 1.82) is 0 Å². The largest absolute Gasteiger partial charge is 0.347 e. The predicted molar refractivity (Wildman–Crippen MR) is 58.1 cm³/mol. The van der Waals surface area contributed by atoms with Crippen molar-refractivity contribution in [2.45, 2.75) is 19.5 Å².